The van der Waals surface area contributed by atoms with Gasteiger partial charge in [-0.05, 0) is 19.9 Å². The lowest BCUT2D eigenvalue weighted by molar-refractivity contribution is -0.0922. The smallest absolute Gasteiger partial charge is 0.174 e. The number of hydrogen-bond donors (Lipinski definition) is 1. The molecule has 2 nitrogen and oxygen atoms in total. The van der Waals surface area contributed by atoms with Crippen molar-refractivity contribution in [2.45, 2.75) is 26.2 Å². The minimum absolute atomic E-state index is 0.0583. The van der Waals surface area contributed by atoms with Gasteiger partial charge in [-0.2, -0.15) is 0 Å². The van der Waals surface area contributed by atoms with Crippen molar-refractivity contribution in [2.75, 3.05) is 0 Å². The summed E-state index contributed by atoms with van der Waals surface area (Å²) < 4.78 is 4.84. The second-order valence-electron chi connectivity index (χ2n) is 1.81. The summed E-state index contributed by atoms with van der Waals surface area (Å²) in [4.78, 5) is 0. The fraction of sp³-hybridized carbons (Fsp3) is 0.667. The Bertz CT molecular complexity index is 68.9. The van der Waals surface area contributed by atoms with Crippen LogP contribution < -0.4 is 0 Å². The first kappa shape index (κ1) is 7.66. The summed E-state index contributed by atoms with van der Waals surface area (Å²) in [6.45, 7) is 7.05. The molecule has 0 saturated carbocycles. The van der Waals surface area contributed by atoms with E-state index < -0.39 is 6.29 Å². The van der Waals surface area contributed by atoms with E-state index in [1.807, 2.05) is 13.8 Å². The number of ether oxygens (including phenoxy) is 1. The van der Waals surface area contributed by atoms with E-state index >= 15 is 0 Å². The van der Waals surface area contributed by atoms with Crippen LogP contribution in [-0.4, -0.2) is 17.5 Å². The van der Waals surface area contributed by atoms with Crippen LogP contribution in [0.5, 0.6) is 0 Å². The lowest BCUT2D eigenvalue weighted by Crippen LogP contribution is -2.13. The van der Waals surface area contributed by atoms with Crippen molar-refractivity contribution in [1.29, 1.82) is 0 Å². The monoisotopic (exact) mass is 116 g/mol. The summed E-state index contributed by atoms with van der Waals surface area (Å²) in [6, 6.07) is 0. The zero-order chi connectivity index (χ0) is 6.57. The molecule has 0 aliphatic rings. The van der Waals surface area contributed by atoms with E-state index in [4.69, 9.17) is 9.84 Å². The Morgan fingerprint density at radius 2 is 2.12 bits per heavy atom. The zero-order valence-corrected chi connectivity index (χ0v) is 5.29. The molecule has 0 saturated heterocycles. The third-order valence-corrected chi connectivity index (χ3v) is 0.613. The van der Waals surface area contributed by atoms with E-state index in [-0.39, 0.29) is 6.10 Å². The normalized spacial score (nSPS) is 14.0. The fourth-order valence-corrected chi connectivity index (χ4v) is 0.334. The molecular formula is C6H12O2. The van der Waals surface area contributed by atoms with E-state index in [0.717, 1.165) is 0 Å². The van der Waals surface area contributed by atoms with Gasteiger partial charge in [-0.25, -0.2) is 0 Å². The Kier molecular flexibility index (Phi) is 3.48. The number of hydrogen-bond acceptors (Lipinski definition) is 2. The van der Waals surface area contributed by atoms with Crippen molar-refractivity contribution in [3.63, 3.8) is 0 Å². The molecule has 8 heavy (non-hydrogen) atoms. The predicted molar refractivity (Wildman–Crippen MR) is 32.4 cm³/mol. The van der Waals surface area contributed by atoms with Gasteiger partial charge in [0.05, 0.1) is 6.10 Å². The van der Waals surface area contributed by atoms with Crippen LogP contribution in [0.25, 0.3) is 0 Å². The molecule has 2 heteroatoms. The van der Waals surface area contributed by atoms with E-state index in [9.17, 15) is 0 Å². The molecule has 0 aromatic carbocycles. The molecule has 1 atom stereocenters. The highest BCUT2D eigenvalue weighted by Crippen LogP contribution is 1.93. The third kappa shape index (κ3) is 3.84. The Morgan fingerprint density at radius 3 is 2.25 bits per heavy atom. The maximum absolute atomic E-state index is 8.69. The van der Waals surface area contributed by atoms with Crippen molar-refractivity contribution in [2.24, 2.45) is 0 Å². The lowest BCUT2D eigenvalue weighted by Gasteiger charge is -2.09. The van der Waals surface area contributed by atoms with Gasteiger partial charge in [-0.3, -0.25) is 0 Å². The molecule has 0 rings (SSSR count). The molecule has 0 aromatic rings. The van der Waals surface area contributed by atoms with Gasteiger partial charge in [0.1, 0.15) is 0 Å². The average molecular weight is 116 g/mol. The Labute approximate surface area is 49.8 Å². The highest BCUT2D eigenvalue weighted by atomic mass is 16.6. The minimum atomic E-state index is -0.810. The first-order valence-corrected chi connectivity index (χ1v) is 2.63. The highest BCUT2D eigenvalue weighted by Gasteiger charge is 1.98. The van der Waals surface area contributed by atoms with Gasteiger partial charge in [0.2, 0.25) is 0 Å². The Balaban J connectivity index is 3.23. The first-order chi connectivity index (χ1) is 3.66. The van der Waals surface area contributed by atoms with Crippen LogP contribution in [0.15, 0.2) is 12.7 Å². The summed E-state index contributed by atoms with van der Waals surface area (Å²) in [6.07, 6.45) is 0.595. The summed E-state index contributed by atoms with van der Waals surface area (Å²) in [5, 5.41) is 8.69. The summed E-state index contributed by atoms with van der Waals surface area (Å²) in [7, 11) is 0. The maximum Gasteiger partial charge on any atom is 0.174 e. The molecule has 0 aliphatic carbocycles. The zero-order valence-electron chi connectivity index (χ0n) is 5.29. The van der Waals surface area contributed by atoms with Crippen molar-refractivity contribution in [1.82, 2.24) is 0 Å². The predicted octanol–water partition coefficient (Wildman–Crippen LogP) is 0.916. The third-order valence-electron chi connectivity index (χ3n) is 0.613. The Morgan fingerprint density at radius 1 is 1.62 bits per heavy atom. The van der Waals surface area contributed by atoms with Crippen LogP contribution >= 0.6 is 0 Å². The summed E-state index contributed by atoms with van der Waals surface area (Å²) in [5.41, 5.74) is 0. The second-order valence-corrected chi connectivity index (χ2v) is 1.81. The Hall–Kier alpha value is -0.340. The van der Waals surface area contributed by atoms with E-state index in [2.05, 4.69) is 6.58 Å². The van der Waals surface area contributed by atoms with Gasteiger partial charge in [0.25, 0.3) is 0 Å². The van der Waals surface area contributed by atoms with Gasteiger partial charge in [0, 0.05) is 0 Å². The van der Waals surface area contributed by atoms with Crippen molar-refractivity contribution < 1.29 is 9.84 Å². The highest BCUT2D eigenvalue weighted by molar-refractivity contribution is 4.69. The number of rotatable bonds is 3. The molecule has 1 N–H and O–H groups in total. The van der Waals surface area contributed by atoms with Gasteiger partial charge >= 0.3 is 0 Å². The molecule has 0 bridgehead atoms. The van der Waals surface area contributed by atoms with Crippen LogP contribution in [-0.2, 0) is 4.74 Å². The molecule has 0 radical (unpaired) electrons. The standard InChI is InChI=1S/C6H12O2/c1-4-6(7)8-5(2)3/h4-7H,1H2,2-3H3. The average Bonchev–Trinajstić information content (AvgIpc) is 1.65. The van der Waals surface area contributed by atoms with Crippen LogP contribution in [0, 0.1) is 0 Å². The summed E-state index contributed by atoms with van der Waals surface area (Å²) in [5.74, 6) is 0. The second kappa shape index (κ2) is 3.64. The number of aliphatic hydroxyl groups excluding tert-OH is 1. The summed E-state index contributed by atoms with van der Waals surface area (Å²) >= 11 is 0. The fourth-order valence-electron chi connectivity index (χ4n) is 0.334. The van der Waals surface area contributed by atoms with Crippen molar-refractivity contribution in [3.05, 3.63) is 12.7 Å². The molecule has 0 aliphatic heterocycles. The topological polar surface area (TPSA) is 29.5 Å². The van der Waals surface area contributed by atoms with E-state index in [1.165, 1.54) is 6.08 Å². The molecule has 1 unspecified atom stereocenters. The van der Waals surface area contributed by atoms with Gasteiger partial charge in [-0.1, -0.05) is 6.58 Å². The largest absolute Gasteiger partial charge is 0.365 e. The molecule has 0 aromatic heterocycles. The van der Waals surface area contributed by atoms with E-state index in [0.29, 0.717) is 0 Å². The van der Waals surface area contributed by atoms with Crippen molar-refractivity contribution in [3.8, 4) is 0 Å². The molecule has 0 fully saturated rings. The quantitative estimate of drug-likeness (QED) is 0.439. The molecule has 0 spiro atoms. The molecule has 0 amide bonds. The van der Waals surface area contributed by atoms with Crippen LogP contribution in [0.3, 0.4) is 0 Å². The van der Waals surface area contributed by atoms with E-state index in [1.54, 1.807) is 0 Å². The van der Waals surface area contributed by atoms with Gasteiger partial charge < -0.3 is 9.84 Å². The molecule has 48 valence electrons. The van der Waals surface area contributed by atoms with Gasteiger partial charge in [0.15, 0.2) is 6.29 Å². The molecule has 0 heterocycles. The van der Waals surface area contributed by atoms with Crippen LogP contribution in [0.4, 0.5) is 0 Å². The maximum atomic E-state index is 8.69. The van der Waals surface area contributed by atoms with Crippen LogP contribution in [0.1, 0.15) is 13.8 Å². The lowest BCUT2D eigenvalue weighted by atomic mass is 10.5. The SMILES string of the molecule is C=CC(O)OC(C)C. The number of aliphatic hydroxyl groups is 1. The van der Waals surface area contributed by atoms with Crippen molar-refractivity contribution >= 4 is 0 Å². The van der Waals surface area contributed by atoms with Crippen LogP contribution in [0.2, 0.25) is 0 Å². The van der Waals surface area contributed by atoms with Gasteiger partial charge in [-0.15, -0.1) is 0 Å². The first-order valence-electron chi connectivity index (χ1n) is 2.63. The minimum Gasteiger partial charge on any atom is -0.365 e. The molecular weight excluding hydrogens is 104 g/mol.